The number of unbranched alkanes of at least 4 members (excludes halogenated alkanes) is 30. The Morgan fingerprint density at radius 1 is 0.391 bits per heavy atom. The maximum absolute atomic E-state index is 9.45. The Morgan fingerprint density at radius 3 is 0.739 bits per heavy atom. The Bertz CT molecular complexity index is 630. The summed E-state index contributed by atoms with van der Waals surface area (Å²) in [6.45, 7) is 8.72. The quantitative estimate of drug-likeness (QED) is 0.0287. The second-order valence-corrected chi connectivity index (χ2v) is 15.9. The van der Waals surface area contributed by atoms with Crippen LogP contribution in [0.15, 0.2) is 0 Å². The fourth-order valence-corrected chi connectivity index (χ4v) is 6.72. The van der Waals surface area contributed by atoms with Gasteiger partial charge in [-0.25, -0.2) is 8.42 Å². The smallest absolute Gasteiger partial charge is 0.217 e. The average Bonchev–Trinajstić information content (AvgIpc) is 3.00. The van der Waals surface area contributed by atoms with Gasteiger partial charge in [0.2, 0.25) is 10.4 Å². The standard InChI is InChI=1S/C38H80N.C2H6O4S/c1-5-7-9-11-13-15-17-19-21-23-25-27-29-31-33-35-37-39(3,4)38-36-34-32-30-28-26-24-22-20-18-16-14-12-10-8-6-2;1-2-6-7(3,4)5/h5-38H2,1-4H3;2H2,1H3,(H,3,4,5)/q+1;/p-1. The van der Waals surface area contributed by atoms with E-state index in [1.807, 2.05) is 0 Å². The molecular formula is C40H85NO4S. The van der Waals surface area contributed by atoms with E-state index >= 15 is 0 Å². The molecule has 0 saturated heterocycles. The first-order chi connectivity index (χ1) is 22.2. The van der Waals surface area contributed by atoms with Crippen molar-refractivity contribution in [3.8, 4) is 0 Å². The zero-order valence-electron chi connectivity index (χ0n) is 32.2. The van der Waals surface area contributed by atoms with Crippen LogP contribution in [-0.4, -0.2) is 51.2 Å². The van der Waals surface area contributed by atoms with Crippen molar-refractivity contribution in [1.29, 1.82) is 0 Å². The van der Waals surface area contributed by atoms with Gasteiger partial charge < -0.3 is 9.04 Å². The van der Waals surface area contributed by atoms with Crippen molar-refractivity contribution in [3.05, 3.63) is 0 Å². The lowest BCUT2D eigenvalue weighted by Gasteiger charge is -2.30. The zero-order chi connectivity index (χ0) is 34.5. The molecule has 0 heterocycles. The lowest BCUT2D eigenvalue weighted by atomic mass is 10.0. The summed E-state index contributed by atoms with van der Waals surface area (Å²) in [5.74, 6) is 0. The average molecular weight is 676 g/mol. The molecule has 0 spiro atoms. The Kier molecular flexibility index (Phi) is 39.2. The predicted molar refractivity (Wildman–Crippen MR) is 202 cm³/mol. The van der Waals surface area contributed by atoms with Crippen LogP contribution < -0.4 is 0 Å². The lowest BCUT2D eigenvalue weighted by molar-refractivity contribution is -0.890. The molecule has 0 aliphatic heterocycles. The van der Waals surface area contributed by atoms with E-state index in [-0.39, 0.29) is 6.61 Å². The van der Waals surface area contributed by atoms with Crippen LogP contribution in [0.5, 0.6) is 0 Å². The van der Waals surface area contributed by atoms with Gasteiger partial charge in [-0.3, -0.25) is 4.18 Å². The van der Waals surface area contributed by atoms with Gasteiger partial charge in [-0.2, -0.15) is 0 Å². The molecule has 0 aliphatic carbocycles. The summed E-state index contributed by atoms with van der Waals surface area (Å²) in [5.41, 5.74) is 0. The molecule has 0 aromatic rings. The van der Waals surface area contributed by atoms with Crippen molar-refractivity contribution in [2.24, 2.45) is 0 Å². The molecule has 0 fully saturated rings. The number of hydrogen-bond donors (Lipinski definition) is 0. The molecule has 5 nitrogen and oxygen atoms in total. The summed E-state index contributed by atoms with van der Waals surface area (Å²) in [7, 11) is 0.513. The Morgan fingerprint density at radius 2 is 0.587 bits per heavy atom. The first kappa shape index (κ1) is 47.9. The van der Waals surface area contributed by atoms with Crippen LogP contribution in [0.3, 0.4) is 0 Å². The molecule has 46 heavy (non-hydrogen) atoms. The van der Waals surface area contributed by atoms with Crippen molar-refractivity contribution >= 4 is 10.4 Å². The monoisotopic (exact) mass is 676 g/mol. The molecule has 0 bridgehead atoms. The SMILES string of the molecule is CCCCCCCCCCCCCCCCCC[N+](C)(C)CCCCCCCCCCCCCCCCCC.CCOS(=O)(=O)[O-]. The summed E-state index contributed by atoms with van der Waals surface area (Å²) in [6, 6.07) is 0. The minimum absolute atomic E-state index is 0.0914. The summed E-state index contributed by atoms with van der Waals surface area (Å²) in [5, 5.41) is 0. The topological polar surface area (TPSA) is 66.4 Å². The molecule has 0 N–H and O–H groups in total. The van der Waals surface area contributed by atoms with Crippen LogP contribution >= 0.6 is 0 Å². The molecular weight excluding hydrogens is 591 g/mol. The lowest BCUT2D eigenvalue weighted by Crippen LogP contribution is -2.41. The Hall–Kier alpha value is -0.170. The Labute approximate surface area is 291 Å². The van der Waals surface area contributed by atoms with Gasteiger partial charge in [-0.15, -0.1) is 0 Å². The van der Waals surface area contributed by atoms with Gasteiger partial charge in [0.05, 0.1) is 33.8 Å². The third-order valence-electron chi connectivity index (χ3n) is 9.50. The van der Waals surface area contributed by atoms with Crippen LogP contribution in [0.1, 0.15) is 226 Å². The summed E-state index contributed by atoms with van der Waals surface area (Å²) >= 11 is 0. The first-order valence-electron chi connectivity index (χ1n) is 20.6. The maximum Gasteiger partial charge on any atom is 0.217 e. The summed E-state index contributed by atoms with van der Waals surface area (Å²) in [6.07, 6.45) is 46.9. The highest BCUT2D eigenvalue weighted by Gasteiger charge is 2.13. The fraction of sp³-hybridized carbons (Fsp3) is 1.00. The van der Waals surface area contributed by atoms with Crippen molar-refractivity contribution in [3.63, 3.8) is 0 Å². The maximum atomic E-state index is 9.45. The molecule has 280 valence electrons. The van der Waals surface area contributed by atoms with Crippen LogP contribution in [0.25, 0.3) is 0 Å². The molecule has 0 rings (SSSR count). The Balaban J connectivity index is 0. The van der Waals surface area contributed by atoms with Crippen molar-refractivity contribution in [1.82, 2.24) is 0 Å². The van der Waals surface area contributed by atoms with E-state index < -0.39 is 10.4 Å². The van der Waals surface area contributed by atoms with E-state index in [0.717, 1.165) is 0 Å². The van der Waals surface area contributed by atoms with E-state index in [4.69, 9.17) is 0 Å². The van der Waals surface area contributed by atoms with E-state index in [1.165, 1.54) is 230 Å². The van der Waals surface area contributed by atoms with Gasteiger partial charge in [0, 0.05) is 0 Å². The number of hydrogen-bond acceptors (Lipinski definition) is 4. The molecule has 0 aliphatic rings. The normalized spacial score (nSPS) is 12.0. The van der Waals surface area contributed by atoms with Crippen molar-refractivity contribution in [2.75, 3.05) is 33.8 Å². The summed E-state index contributed by atoms with van der Waals surface area (Å²) < 4.78 is 33.3. The summed E-state index contributed by atoms with van der Waals surface area (Å²) in [4.78, 5) is 0. The second-order valence-electron chi connectivity index (χ2n) is 14.8. The van der Waals surface area contributed by atoms with Crippen LogP contribution in [-0.2, 0) is 14.6 Å². The van der Waals surface area contributed by atoms with E-state index in [9.17, 15) is 13.0 Å². The van der Waals surface area contributed by atoms with E-state index in [0.29, 0.717) is 0 Å². The molecule has 6 heteroatoms. The molecule has 0 aromatic heterocycles. The molecule has 0 atom stereocenters. The van der Waals surface area contributed by atoms with Gasteiger partial charge in [0.1, 0.15) is 0 Å². The molecule has 0 amide bonds. The highest BCUT2D eigenvalue weighted by molar-refractivity contribution is 7.80. The van der Waals surface area contributed by atoms with E-state index in [2.05, 4.69) is 32.1 Å². The minimum Gasteiger partial charge on any atom is -0.726 e. The van der Waals surface area contributed by atoms with Gasteiger partial charge in [0.15, 0.2) is 0 Å². The minimum atomic E-state index is -4.42. The van der Waals surface area contributed by atoms with Crippen molar-refractivity contribution in [2.45, 2.75) is 226 Å². The largest absolute Gasteiger partial charge is 0.726 e. The van der Waals surface area contributed by atoms with Gasteiger partial charge in [-0.1, -0.05) is 194 Å². The van der Waals surface area contributed by atoms with Crippen LogP contribution in [0.4, 0.5) is 0 Å². The number of nitrogens with zero attached hydrogens (tertiary/aromatic N) is 1. The first-order valence-corrected chi connectivity index (χ1v) is 21.9. The van der Waals surface area contributed by atoms with Gasteiger partial charge in [0.25, 0.3) is 0 Å². The van der Waals surface area contributed by atoms with Crippen LogP contribution in [0.2, 0.25) is 0 Å². The zero-order valence-corrected chi connectivity index (χ0v) is 33.1. The third-order valence-corrected chi connectivity index (χ3v) is 10.0. The van der Waals surface area contributed by atoms with Crippen LogP contribution in [0, 0.1) is 0 Å². The second kappa shape index (κ2) is 37.6. The fourth-order valence-electron chi connectivity index (χ4n) is 6.43. The molecule has 0 aromatic carbocycles. The number of rotatable bonds is 36. The number of quaternary nitrogens is 1. The molecule has 0 unspecified atom stereocenters. The van der Waals surface area contributed by atoms with Crippen molar-refractivity contribution < 1.29 is 21.6 Å². The highest BCUT2D eigenvalue weighted by Crippen LogP contribution is 2.16. The third kappa shape index (κ3) is 46.0. The van der Waals surface area contributed by atoms with Gasteiger partial charge >= 0.3 is 0 Å². The predicted octanol–water partition coefficient (Wildman–Crippen LogP) is 13.1. The highest BCUT2D eigenvalue weighted by atomic mass is 32.3. The van der Waals surface area contributed by atoms with Gasteiger partial charge in [-0.05, 0) is 32.6 Å². The molecule has 0 radical (unpaired) electrons. The molecule has 0 saturated carbocycles. The van der Waals surface area contributed by atoms with E-state index in [1.54, 1.807) is 0 Å².